The van der Waals surface area contributed by atoms with Crippen molar-refractivity contribution in [1.82, 2.24) is 0 Å². The third-order valence-corrected chi connectivity index (χ3v) is 3.93. The highest BCUT2D eigenvalue weighted by atomic mass is 16.1. The topological polar surface area (TPSA) is 44.4 Å². The van der Waals surface area contributed by atoms with Crippen molar-refractivity contribution < 1.29 is 4.79 Å². The molecule has 0 saturated heterocycles. The van der Waals surface area contributed by atoms with Crippen LogP contribution in [-0.2, 0) is 4.79 Å². The van der Waals surface area contributed by atoms with Gasteiger partial charge in [0.2, 0.25) is 5.91 Å². The largest absolute Gasteiger partial charge is 0.385 e. The monoisotopic (exact) mass is 325 g/mol. The normalized spacial score (nSPS) is 10.5. The maximum Gasteiger partial charge on any atom is 0.226 e. The molecule has 2 N–H and O–H groups in total. The summed E-state index contributed by atoms with van der Waals surface area (Å²) in [5.41, 5.74) is 4.30. The van der Waals surface area contributed by atoms with E-state index in [0.29, 0.717) is 18.9 Å². The SMILES string of the molecule is CC(C)c1ccc(NC(=O)CCNc2ccc(N(C)C)cc2)cc1. The smallest absolute Gasteiger partial charge is 0.226 e. The van der Waals surface area contributed by atoms with Crippen LogP contribution >= 0.6 is 0 Å². The van der Waals surface area contributed by atoms with Gasteiger partial charge < -0.3 is 15.5 Å². The number of carbonyl (C=O) groups is 1. The molecule has 0 aliphatic rings. The van der Waals surface area contributed by atoms with Crippen LogP contribution in [0.3, 0.4) is 0 Å². The van der Waals surface area contributed by atoms with Crippen LogP contribution in [0.15, 0.2) is 48.5 Å². The Labute approximate surface area is 144 Å². The molecule has 0 unspecified atom stereocenters. The van der Waals surface area contributed by atoms with Crippen molar-refractivity contribution in [3.8, 4) is 0 Å². The summed E-state index contributed by atoms with van der Waals surface area (Å²) in [4.78, 5) is 14.1. The lowest BCUT2D eigenvalue weighted by Gasteiger charge is -2.13. The van der Waals surface area contributed by atoms with Crippen LogP contribution in [0.1, 0.15) is 31.7 Å². The fraction of sp³-hybridized carbons (Fsp3) is 0.350. The Morgan fingerprint density at radius 2 is 1.54 bits per heavy atom. The van der Waals surface area contributed by atoms with E-state index in [1.807, 2.05) is 38.4 Å². The Balaban J connectivity index is 1.76. The van der Waals surface area contributed by atoms with E-state index in [0.717, 1.165) is 17.1 Å². The van der Waals surface area contributed by atoms with Gasteiger partial charge in [-0.25, -0.2) is 0 Å². The molecule has 2 aromatic rings. The van der Waals surface area contributed by atoms with Gasteiger partial charge in [0.15, 0.2) is 0 Å². The fourth-order valence-corrected chi connectivity index (χ4v) is 2.37. The van der Waals surface area contributed by atoms with E-state index >= 15 is 0 Å². The van der Waals surface area contributed by atoms with Crippen molar-refractivity contribution >= 4 is 23.0 Å². The van der Waals surface area contributed by atoms with E-state index in [2.05, 4.69) is 53.6 Å². The van der Waals surface area contributed by atoms with Crippen molar-refractivity contribution in [1.29, 1.82) is 0 Å². The highest BCUT2D eigenvalue weighted by Crippen LogP contribution is 2.18. The zero-order valence-electron chi connectivity index (χ0n) is 15.0. The first-order chi connectivity index (χ1) is 11.5. The Kier molecular flexibility index (Phi) is 6.24. The molecule has 128 valence electrons. The van der Waals surface area contributed by atoms with Gasteiger partial charge in [0, 0.05) is 44.1 Å². The molecule has 0 spiro atoms. The van der Waals surface area contributed by atoms with Crippen LogP contribution in [0.2, 0.25) is 0 Å². The van der Waals surface area contributed by atoms with Crippen molar-refractivity contribution in [2.45, 2.75) is 26.2 Å². The first-order valence-electron chi connectivity index (χ1n) is 8.37. The molecule has 0 radical (unpaired) electrons. The maximum atomic E-state index is 12.0. The van der Waals surface area contributed by atoms with Crippen LogP contribution in [0, 0.1) is 0 Å². The van der Waals surface area contributed by atoms with Gasteiger partial charge in [-0.3, -0.25) is 4.79 Å². The van der Waals surface area contributed by atoms with Gasteiger partial charge in [0.25, 0.3) is 0 Å². The van der Waals surface area contributed by atoms with Crippen LogP contribution < -0.4 is 15.5 Å². The molecule has 4 nitrogen and oxygen atoms in total. The van der Waals surface area contributed by atoms with Gasteiger partial charge in [0.1, 0.15) is 0 Å². The molecule has 0 atom stereocenters. The standard InChI is InChI=1S/C20H27N3O/c1-15(2)16-5-7-18(8-6-16)22-20(24)13-14-21-17-9-11-19(12-10-17)23(3)4/h5-12,15,21H,13-14H2,1-4H3,(H,22,24). The number of hydrogen-bond acceptors (Lipinski definition) is 3. The third-order valence-electron chi connectivity index (χ3n) is 3.93. The zero-order valence-corrected chi connectivity index (χ0v) is 15.0. The van der Waals surface area contributed by atoms with E-state index in [1.165, 1.54) is 5.56 Å². The number of benzene rings is 2. The Bertz CT molecular complexity index is 646. The molecule has 2 aromatic carbocycles. The Hall–Kier alpha value is -2.49. The third kappa shape index (κ3) is 5.30. The van der Waals surface area contributed by atoms with Gasteiger partial charge in [-0.2, -0.15) is 0 Å². The minimum absolute atomic E-state index is 0.0182. The number of hydrogen-bond donors (Lipinski definition) is 2. The van der Waals surface area contributed by atoms with Gasteiger partial charge in [-0.05, 0) is 47.9 Å². The summed E-state index contributed by atoms with van der Waals surface area (Å²) in [7, 11) is 4.03. The highest BCUT2D eigenvalue weighted by Gasteiger charge is 2.04. The first kappa shape index (κ1) is 17.9. The summed E-state index contributed by atoms with van der Waals surface area (Å²) >= 11 is 0. The molecule has 4 heteroatoms. The van der Waals surface area contributed by atoms with Crippen LogP contribution in [0.25, 0.3) is 0 Å². The first-order valence-corrected chi connectivity index (χ1v) is 8.37. The molecule has 0 aromatic heterocycles. The second kappa shape index (κ2) is 8.39. The molecule has 0 aliphatic carbocycles. The second-order valence-corrected chi connectivity index (χ2v) is 6.44. The quantitative estimate of drug-likeness (QED) is 0.797. The molecule has 2 rings (SSSR count). The van der Waals surface area contributed by atoms with Gasteiger partial charge in [-0.1, -0.05) is 26.0 Å². The fourth-order valence-electron chi connectivity index (χ4n) is 2.37. The lowest BCUT2D eigenvalue weighted by Crippen LogP contribution is -2.16. The number of nitrogens with zero attached hydrogens (tertiary/aromatic N) is 1. The minimum atomic E-state index is 0.0182. The van der Waals surface area contributed by atoms with Crippen LogP contribution in [0.4, 0.5) is 17.1 Å². The van der Waals surface area contributed by atoms with Crippen molar-refractivity contribution in [3.63, 3.8) is 0 Å². The summed E-state index contributed by atoms with van der Waals surface area (Å²) < 4.78 is 0. The second-order valence-electron chi connectivity index (χ2n) is 6.44. The number of amides is 1. The molecule has 0 fully saturated rings. The number of rotatable bonds is 7. The number of carbonyl (C=O) groups excluding carboxylic acids is 1. The van der Waals surface area contributed by atoms with Gasteiger partial charge >= 0.3 is 0 Å². The summed E-state index contributed by atoms with van der Waals surface area (Å²) in [5, 5.41) is 6.20. The lowest BCUT2D eigenvalue weighted by molar-refractivity contribution is -0.115. The Morgan fingerprint density at radius 3 is 2.08 bits per heavy atom. The zero-order chi connectivity index (χ0) is 17.5. The molecule has 24 heavy (non-hydrogen) atoms. The lowest BCUT2D eigenvalue weighted by atomic mass is 10.0. The summed E-state index contributed by atoms with van der Waals surface area (Å²) in [6, 6.07) is 16.2. The van der Waals surface area contributed by atoms with Crippen molar-refractivity contribution in [2.75, 3.05) is 36.2 Å². The molecule has 0 bridgehead atoms. The van der Waals surface area contributed by atoms with E-state index in [1.54, 1.807) is 0 Å². The number of anilines is 3. The average molecular weight is 325 g/mol. The van der Waals surface area contributed by atoms with Crippen molar-refractivity contribution in [2.24, 2.45) is 0 Å². The number of nitrogens with one attached hydrogen (secondary N) is 2. The van der Waals surface area contributed by atoms with Gasteiger partial charge in [0.05, 0.1) is 0 Å². The summed E-state index contributed by atoms with van der Waals surface area (Å²) in [6.45, 7) is 4.92. The van der Waals surface area contributed by atoms with Crippen molar-refractivity contribution in [3.05, 3.63) is 54.1 Å². The highest BCUT2D eigenvalue weighted by molar-refractivity contribution is 5.91. The molecule has 0 aliphatic heterocycles. The molecule has 1 amide bonds. The van der Waals surface area contributed by atoms with E-state index in [4.69, 9.17) is 0 Å². The summed E-state index contributed by atoms with van der Waals surface area (Å²) in [5.74, 6) is 0.516. The predicted molar refractivity (Wildman–Crippen MR) is 103 cm³/mol. The molecule has 0 saturated carbocycles. The van der Waals surface area contributed by atoms with E-state index in [-0.39, 0.29) is 5.91 Å². The molecular formula is C20H27N3O. The van der Waals surface area contributed by atoms with Gasteiger partial charge in [-0.15, -0.1) is 0 Å². The minimum Gasteiger partial charge on any atom is -0.385 e. The molecule has 0 heterocycles. The van der Waals surface area contributed by atoms with E-state index < -0.39 is 0 Å². The Morgan fingerprint density at radius 1 is 0.958 bits per heavy atom. The maximum absolute atomic E-state index is 12.0. The van der Waals surface area contributed by atoms with Crippen LogP contribution in [0.5, 0.6) is 0 Å². The van der Waals surface area contributed by atoms with Crippen LogP contribution in [-0.4, -0.2) is 26.5 Å². The van der Waals surface area contributed by atoms with E-state index in [9.17, 15) is 4.79 Å². The average Bonchev–Trinajstić information content (AvgIpc) is 2.55. The summed E-state index contributed by atoms with van der Waals surface area (Å²) in [6.07, 6.45) is 0.432. The predicted octanol–water partition coefficient (Wildman–Crippen LogP) is 4.32. The molecular weight excluding hydrogens is 298 g/mol.